The molecule has 1 fully saturated rings. The molecule has 2 amide bonds. The Morgan fingerprint density at radius 1 is 1.11 bits per heavy atom. The molecule has 0 bridgehead atoms. The molecule has 0 spiro atoms. The Hall–Kier alpha value is -3.80. The molecule has 5 rings (SSSR count). The van der Waals surface area contributed by atoms with Crippen molar-refractivity contribution in [3.05, 3.63) is 103 Å². The van der Waals surface area contributed by atoms with Gasteiger partial charge in [0.25, 0.3) is 17.5 Å². The maximum Gasteiger partial charge on any atom is 0.285 e. The van der Waals surface area contributed by atoms with Crippen LogP contribution in [0.15, 0.2) is 77.1 Å². The quantitative estimate of drug-likeness (QED) is 0.162. The molecule has 2 aromatic heterocycles. The highest BCUT2D eigenvalue weighted by molar-refractivity contribution is 8.26. The minimum atomic E-state index is -0.425. The lowest BCUT2D eigenvalue weighted by atomic mass is 10.1. The Morgan fingerprint density at radius 3 is 2.60 bits per heavy atom. The number of nitro benzene ring substituents is 1. The Morgan fingerprint density at radius 2 is 1.89 bits per heavy atom. The van der Waals surface area contributed by atoms with Crippen molar-refractivity contribution in [3.63, 3.8) is 0 Å². The minimum absolute atomic E-state index is 0.0417. The molecule has 0 saturated carbocycles. The highest BCUT2D eigenvalue weighted by Gasteiger charge is 2.34. The van der Waals surface area contributed by atoms with E-state index in [-0.39, 0.29) is 10.0 Å². The fraction of sp³-hybridized carbons (Fsp3) is 0.0417. The Kier molecular flexibility index (Phi) is 6.20. The molecule has 174 valence electrons. The van der Waals surface area contributed by atoms with E-state index >= 15 is 0 Å². The second-order valence-electron chi connectivity index (χ2n) is 7.59. The van der Waals surface area contributed by atoms with Crippen LogP contribution >= 0.6 is 35.3 Å². The van der Waals surface area contributed by atoms with E-state index in [1.54, 1.807) is 35.7 Å². The van der Waals surface area contributed by atoms with Crippen molar-refractivity contribution < 1.29 is 14.5 Å². The molecular weight excluding hydrogens is 504 g/mol. The zero-order valence-corrected chi connectivity index (χ0v) is 20.4. The van der Waals surface area contributed by atoms with Gasteiger partial charge in [0.2, 0.25) is 0 Å². The predicted molar refractivity (Wildman–Crippen MR) is 141 cm³/mol. The largest absolute Gasteiger partial charge is 0.342 e. The number of non-ortho nitro benzene ring substituents is 1. The van der Waals surface area contributed by atoms with Gasteiger partial charge in [-0.05, 0) is 41.4 Å². The van der Waals surface area contributed by atoms with Crippen molar-refractivity contribution in [1.29, 1.82) is 0 Å². The minimum Gasteiger partial charge on any atom is -0.342 e. The number of carbonyl (C=O) groups excluding carboxylic acids is 2. The van der Waals surface area contributed by atoms with Crippen LogP contribution in [0, 0.1) is 10.1 Å². The summed E-state index contributed by atoms with van der Waals surface area (Å²) >= 11 is 7.74. The number of thiophene rings is 1. The van der Waals surface area contributed by atoms with E-state index < -0.39 is 16.7 Å². The molecule has 11 heteroatoms. The maximum absolute atomic E-state index is 13.0. The number of hydrogen-bond acceptors (Lipinski definition) is 7. The van der Waals surface area contributed by atoms with Gasteiger partial charge in [-0.1, -0.05) is 48.2 Å². The number of nitrogens with zero attached hydrogens (tertiary/aromatic N) is 3. The molecule has 2 aromatic carbocycles. The van der Waals surface area contributed by atoms with Gasteiger partial charge in [-0.3, -0.25) is 25.1 Å². The van der Waals surface area contributed by atoms with Gasteiger partial charge >= 0.3 is 0 Å². The summed E-state index contributed by atoms with van der Waals surface area (Å²) < 4.78 is 2.28. The van der Waals surface area contributed by atoms with Crippen LogP contribution in [0.4, 0.5) is 5.69 Å². The lowest BCUT2D eigenvalue weighted by Crippen LogP contribution is -2.44. The summed E-state index contributed by atoms with van der Waals surface area (Å²) in [4.78, 5) is 36.8. The molecule has 8 nitrogen and oxygen atoms in total. The van der Waals surface area contributed by atoms with Gasteiger partial charge in [0.15, 0.2) is 4.32 Å². The molecule has 1 aliphatic rings. The first kappa shape index (κ1) is 23.0. The third-order valence-corrected chi connectivity index (χ3v) is 7.53. The van der Waals surface area contributed by atoms with Crippen molar-refractivity contribution in [3.8, 4) is 0 Å². The molecular formula is C24H16N4O4S3. The average Bonchev–Trinajstić information content (AvgIpc) is 3.56. The van der Waals surface area contributed by atoms with Gasteiger partial charge in [0.1, 0.15) is 0 Å². The monoisotopic (exact) mass is 520 g/mol. The zero-order valence-electron chi connectivity index (χ0n) is 17.9. The van der Waals surface area contributed by atoms with Crippen LogP contribution in [-0.2, 0) is 11.3 Å². The van der Waals surface area contributed by atoms with Crippen molar-refractivity contribution in [2.75, 3.05) is 0 Å². The topological polar surface area (TPSA) is 97.5 Å². The standard InChI is InChI=1S/C24H16N4O4S3/c29-22(20-6-3-11-34-20)25-27-23(30)21(35-24(27)33)12-16-14-26(19-5-2-1-4-18(16)19)13-15-7-9-17(10-8-15)28(31)32/h1-12,14H,13H2,(H,25,29)/b21-12-. The van der Waals surface area contributed by atoms with E-state index in [9.17, 15) is 19.7 Å². The van der Waals surface area contributed by atoms with Gasteiger partial charge in [-0.15, -0.1) is 11.3 Å². The Balaban J connectivity index is 1.42. The maximum atomic E-state index is 13.0. The highest BCUT2D eigenvalue weighted by Crippen LogP contribution is 2.34. The lowest BCUT2D eigenvalue weighted by molar-refractivity contribution is -0.384. The molecule has 35 heavy (non-hydrogen) atoms. The van der Waals surface area contributed by atoms with E-state index in [4.69, 9.17) is 12.2 Å². The number of amides is 2. The number of hydrazine groups is 1. The summed E-state index contributed by atoms with van der Waals surface area (Å²) in [5.41, 5.74) is 5.32. The number of fused-ring (bicyclic) bond motifs is 1. The van der Waals surface area contributed by atoms with Crippen molar-refractivity contribution in [2.45, 2.75) is 6.54 Å². The predicted octanol–water partition coefficient (Wildman–Crippen LogP) is 5.21. The number of para-hydroxylation sites is 1. The molecule has 1 saturated heterocycles. The number of carbonyl (C=O) groups is 2. The summed E-state index contributed by atoms with van der Waals surface area (Å²) in [6, 6.07) is 17.7. The molecule has 1 aliphatic heterocycles. The third kappa shape index (κ3) is 4.61. The van der Waals surface area contributed by atoms with E-state index in [2.05, 4.69) is 5.43 Å². The van der Waals surface area contributed by atoms with E-state index in [1.807, 2.05) is 35.0 Å². The van der Waals surface area contributed by atoms with Gasteiger partial charge in [0.05, 0.1) is 14.7 Å². The number of rotatable bonds is 6. The number of thiocarbonyl (C=S) groups is 1. The summed E-state index contributed by atoms with van der Waals surface area (Å²) in [5.74, 6) is -0.783. The van der Waals surface area contributed by atoms with Crippen molar-refractivity contribution in [2.24, 2.45) is 0 Å². The van der Waals surface area contributed by atoms with Crippen LogP contribution in [-0.4, -0.2) is 30.6 Å². The first-order valence-corrected chi connectivity index (χ1v) is 12.4. The SMILES string of the molecule is O=C(NN1C(=O)/C(=C/c2cn(Cc3ccc([N+](=O)[O-])cc3)c3ccccc23)SC1=S)c1cccs1. The lowest BCUT2D eigenvalue weighted by Gasteiger charge is -2.14. The number of hydrogen-bond donors (Lipinski definition) is 1. The average molecular weight is 521 g/mol. The Bertz CT molecular complexity index is 1510. The van der Waals surface area contributed by atoms with Crippen LogP contribution in [0.2, 0.25) is 0 Å². The first-order chi connectivity index (χ1) is 16.9. The normalized spacial score (nSPS) is 14.7. The number of thioether (sulfide) groups is 1. The molecule has 0 atom stereocenters. The van der Waals surface area contributed by atoms with Crippen molar-refractivity contribution in [1.82, 2.24) is 15.0 Å². The first-order valence-electron chi connectivity index (χ1n) is 10.3. The van der Waals surface area contributed by atoms with Gasteiger partial charge in [-0.25, -0.2) is 0 Å². The fourth-order valence-electron chi connectivity index (χ4n) is 3.71. The molecule has 1 N–H and O–H groups in total. The summed E-state index contributed by atoms with van der Waals surface area (Å²) in [7, 11) is 0. The van der Waals surface area contributed by atoms with E-state index in [0.717, 1.165) is 38.8 Å². The van der Waals surface area contributed by atoms with Crippen molar-refractivity contribution >= 4 is 74.1 Å². The van der Waals surface area contributed by atoms with E-state index in [1.165, 1.54) is 23.5 Å². The third-order valence-electron chi connectivity index (χ3n) is 5.36. The number of nitro groups is 1. The molecule has 0 aliphatic carbocycles. The Labute approximate surface area is 213 Å². The molecule has 0 radical (unpaired) electrons. The summed E-state index contributed by atoms with van der Waals surface area (Å²) in [5, 5.41) is 14.8. The molecule has 0 unspecified atom stereocenters. The zero-order chi connectivity index (χ0) is 24.5. The second kappa shape index (κ2) is 9.45. The number of benzene rings is 2. The molecule has 3 heterocycles. The smallest absolute Gasteiger partial charge is 0.285 e. The van der Waals surface area contributed by atoms with Crippen LogP contribution in [0.25, 0.3) is 17.0 Å². The number of aromatic nitrogens is 1. The number of nitrogens with one attached hydrogen (secondary N) is 1. The van der Waals surface area contributed by atoms with Gasteiger partial charge in [-0.2, -0.15) is 5.01 Å². The van der Waals surface area contributed by atoms with Crippen LogP contribution in [0.5, 0.6) is 0 Å². The second-order valence-corrected chi connectivity index (χ2v) is 10.2. The fourth-order valence-corrected chi connectivity index (χ4v) is 5.49. The summed E-state index contributed by atoms with van der Waals surface area (Å²) in [6.45, 7) is 0.504. The van der Waals surface area contributed by atoms with Crippen LogP contribution in [0.3, 0.4) is 0 Å². The summed E-state index contributed by atoms with van der Waals surface area (Å²) in [6.07, 6.45) is 3.70. The molecule has 4 aromatic rings. The van der Waals surface area contributed by atoms with E-state index in [0.29, 0.717) is 16.3 Å². The van der Waals surface area contributed by atoms with Gasteiger partial charge < -0.3 is 4.57 Å². The van der Waals surface area contributed by atoms with Gasteiger partial charge in [0, 0.05) is 41.3 Å². The highest BCUT2D eigenvalue weighted by atomic mass is 32.2. The van der Waals surface area contributed by atoms with Crippen LogP contribution in [0.1, 0.15) is 20.8 Å². The van der Waals surface area contributed by atoms with Crippen LogP contribution < -0.4 is 5.43 Å².